The van der Waals surface area contributed by atoms with E-state index >= 15 is 0 Å². The lowest BCUT2D eigenvalue weighted by Crippen LogP contribution is -1.99. The maximum Gasteiger partial charge on any atom is 0.135 e. The monoisotopic (exact) mass is 405 g/mol. The molecule has 0 atom stereocenters. The molecule has 28 heavy (non-hydrogen) atoms. The first-order valence-corrected chi connectivity index (χ1v) is 10.4. The van der Waals surface area contributed by atoms with Gasteiger partial charge in [-0.2, -0.15) is 0 Å². The molecule has 7 heteroatoms. The van der Waals surface area contributed by atoms with E-state index in [9.17, 15) is 0 Å². The highest BCUT2D eigenvalue weighted by Gasteiger charge is 2.03. The maximum absolute atomic E-state index is 4.32. The topological polar surface area (TPSA) is 61.9 Å². The van der Waals surface area contributed by atoms with Gasteiger partial charge in [-0.15, -0.1) is 11.3 Å². The molecular formula is C21H19N5S2. The first-order chi connectivity index (χ1) is 13.8. The van der Waals surface area contributed by atoms with E-state index in [1.54, 1.807) is 29.6 Å². The Morgan fingerprint density at radius 3 is 2.32 bits per heavy atom. The highest BCUT2D eigenvalue weighted by Crippen LogP contribution is 2.27. The predicted molar refractivity (Wildman–Crippen MR) is 120 cm³/mol. The second kappa shape index (κ2) is 8.88. The molecule has 2 aromatic carbocycles. The van der Waals surface area contributed by atoms with Gasteiger partial charge >= 0.3 is 0 Å². The zero-order chi connectivity index (χ0) is 19.2. The van der Waals surface area contributed by atoms with Gasteiger partial charge in [0.25, 0.3) is 0 Å². The van der Waals surface area contributed by atoms with Crippen LogP contribution >= 0.6 is 23.3 Å². The van der Waals surface area contributed by atoms with E-state index in [4.69, 9.17) is 0 Å². The summed E-state index contributed by atoms with van der Waals surface area (Å²) in [5.74, 6) is 1.47. The van der Waals surface area contributed by atoms with Crippen molar-refractivity contribution in [1.29, 1.82) is 0 Å². The molecule has 3 N–H and O–H groups in total. The average Bonchev–Trinajstić information content (AvgIpc) is 3.24. The fraction of sp³-hybridized carbons (Fsp3) is 0.0476. The lowest BCUT2D eigenvalue weighted by molar-refractivity contribution is 1.16. The fourth-order valence-electron chi connectivity index (χ4n) is 2.71. The van der Waals surface area contributed by atoms with Crippen LogP contribution in [0, 0.1) is 0 Å². The molecule has 2 heterocycles. The van der Waals surface area contributed by atoms with Gasteiger partial charge in [0.05, 0.1) is 0 Å². The largest absolute Gasteiger partial charge is 0.340 e. The van der Waals surface area contributed by atoms with Crippen molar-refractivity contribution in [3.8, 4) is 10.4 Å². The van der Waals surface area contributed by atoms with E-state index in [1.807, 2.05) is 25.2 Å². The van der Waals surface area contributed by atoms with Crippen LogP contribution in [0.4, 0.5) is 23.0 Å². The number of nitrogens with zero attached hydrogens (tertiary/aromatic N) is 2. The summed E-state index contributed by atoms with van der Waals surface area (Å²) in [5.41, 5.74) is 3.17. The highest BCUT2D eigenvalue weighted by molar-refractivity contribution is 7.97. The molecule has 0 saturated carbocycles. The van der Waals surface area contributed by atoms with Crippen molar-refractivity contribution in [1.82, 2.24) is 14.7 Å². The summed E-state index contributed by atoms with van der Waals surface area (Å²) >= 11 is 3.31. The van der Waals surface area contributed by atoms with Crippen molar-refractivity contribution >= 4 is 46.3 Å². The molecule has 0 saturated heterocycles. The summed E-state index contributed by atoms with van der Waals surface area (Å²) in [7, 11) is 1.90. The smallest absolute Gasteiger partial charge is 0.135 e. The van der Waals surface area contributed by atoms with Crippen molar-refractivity contribution in [3.63, 3.8) is 0 Å². The Morgan fingerprint density at radius 1 is 0.821 bits per heavy atom. The first kappa shape index (κ1) is 18.5. The van der Waals surface area contributed by atoms with Crippen molar-refractivity contribution in [2.75, 3.05) is 17.7 Å². The molecule has 4 aromatic rings. The number of hydrogen-bond acceptors (Lipinski definition) is 7. The van der Waals surface area contributed by atoms with E-state index in [2.05, 4.69) is 79.2 Å². The number of anilines is 4. The molecule has 0 spiro atoms. The third-order valence-corrected chi connectivity index (χ3v) is 5.57. The number of rotatable bonds is 7. The number of nitrogens with one attached hydrogen (secondary N) is 3. The maximum atomic E-state index is 4.32. The number of thiophene rings is 1. The molecule has 0 bridgehead atoms. The van der Waals surface area contributed by atoms with E-state index in [0.29, 0.717) is 0 Å². The van der Waals surface area contributed by atoms with Gasteiger partial charge in [-0.05, 0) is 66.3 Å². The van der Waals surface area contributed by atoms with Crippen LogP contribution < -0.4 is 15.4 Å². The van der Waals surface area contributed by atoms with Crippen molar-refractivity contribution in [2.24, 2.45) is 0 Å². The lowest BCUT2D eigenvalue weighted by Gasteiger charge is -2.10. The van der Waals surface area contributed by atoms with Gasteiger partial charge < -0.3 is 10.6 Å². The molecule has 0 aliphatic heterocycles. The molecule has 2 aromatic heterocycles. The normalized spacial score (nSPS) is 10.6. The zero-order valence-corrected chi connectivity index (χ0v) is 16.8. The minimum absolute atomic E-state index is 0.735. The summed E-state index contributed by atoms with van der Waals surface area (Å²) in [6.07, 6.45) is 1.55. The molecule has 0 fully saturated rings. The Kier molecular flexibility index (Phi) is 5.86. The SMILES string of the molecule is CNSc1cccc(Nc2cc(Nc3ccc(-c4cccs4)cc3)ncn2)c1. The van der Waals surface area contributed by atoms with Crippen LogP contribution in [0.3, 0.4) is 0 Å². The summed E-state index contributed by atoms with van der Waals surface area (Å²) < 4.78 is 3.08. The molecule has 5 nitrogen and oxygen atoms in total. The second-order valence-corrected chi connectivity index (χ2v) is 7.96. The summed E-state index contributed by atoms with van der Waals surface area (Å²) in [6.45, 7) is 0. The predicted octanol–water partition coefficient (Wildman–Crippen LogP) is 5.92. The van der Waals surface area contributed by atoms with E-state index in [0.717, 1.165) is 27.9 Å². The minimum atomic E-state index is 0.735. The summed E-state index contributed by atoms with van der Waals surface area (Å²) in [4.78, 5) is 11.0. The summed E-state index contributed by atoms with van der Waals surface area (Å²) in [6, 6.07) is 22.6. The molecule has 0 unspecified atom stereocenters. The van der Waals surface area contributed by atoms with Gasteiger partial charge in [0.1, 0.15) is 18.0 Å². The van der Waals surface area contributed by atoms with Gasteiger partial charge in [-0.25, -0.2) is 9.97 Å². The molecule has 0 aliphatic rings. The third-order valence-electron chi connectivity index (χ3n) is 3.96. The Balaban J connectivity index is 1.46. The van der Waals surface area contributed by atoms with Gasteiger partial charge in [0, 0.05) is 27.2 Å². The zero-order valence-electron chi connectivity index (χ0n) is 15.2. The van der Waals surface area contributed by atoms with E-state index in [-0.39, 0.29) is 0 Å². The van der Waals surface area contributed by atoms with Gasteiger partial charge in [0.15, 0.2) is 0 Å². The van der Waals surface area contributed by atoms with Crippen LogP contribution in [0.2, 0.25) is 0 Å². The Labute approximate surface area is 172 Å². The second-order valence-electron chi connectivity index (χ2n) is 5.93. The number of aromatic nitrogens is 2. The highest BCUT2D eigenvalue weighted by atomic mass is 32.2. The molecule has 0 amide bonds. The van der Waals surface area contributed by atoms with Crippen LogP contribution in [0.5, 0.6) is 0 Å². The van der Waals surface area contributed by atoms with Crippen LogP contribution in [-0.4, -0.2) is 17.0 Å². The van der Waals surface area contributed by atoms with Gasteiger partial charge in [-0.1, -0.05) is 24.3 Å². The molecule has 4 rings (SSSR count). The Morgan fingerprint density at radius 2 is 1.61 bits per heavy atom. The average molecular weight is 406 g/mol. The Hall–Kier alpha value is -2.87. The quantitative estimate of drug-likeness (QED) is 0.332. The van der Waals surface area contributed by atoms with Crippen LogP contribution in [0.1, 0.15) is 0 Å². The number of hydrogen-bond donors (Lipinski definition) is 3. The van der Waals surface area contributed by atoms with Crippen LogP contribution in [0.25, 0.3) is 10.4 Å². The van der Waals surface area contributed by atoms with E-state index in [1.165, 1.54) is 10.4 Å². The van der Waals surface area contributed by atoms with Crippen molar-refractivity contribution in [3.05, 3.63) is 78.4 Å². The first-order valence-electron chi connectivity index (χ1n) is 8.74. The standard InChI is InChI=1S/C21H19N5S2/c1-22-28-18-5-2-4-17(12-18)26-21-13-20(23-14-24-21)25-16-9-7-15(8-10-16)19-6-3-11-27-19/h2-14,22H,1H3,(H2,23,24,25,26). The molecule has 0 radical (unpaired) electrons. The van der Waals surface area contributed by atoms with Crippen LogP contribution in [-0.2, 0) is 0 Å². The fourth-order valence-corrected chi connectivity index (χ4v) is 4.01. The number of benzene rings is 2. The third kappa shape index (κ3) is 4.69. The minimum Gasteiger partial charge on any atom is -0.340 e. The Bertz CT molecular complexity index is 1030. The van der Waals surface area contributed by atoms with Crippen LogP contribution in [0.15, 0.2) is 83.3 Å². The van der Waals surface area contributed by atoms with E-state index < -0.39 is 0 Å². The van der Waals surface area contributed by atoms with Gasteiger partial charge in [0.2, 0.25) is 0 Å². The van der Waals surface area contributed by atoms with Gasteiger partial charge in [-0.3, -0.25) is 4.72 Å². The molecular weight excluding hydrogens is 386 g/mol. The lowest BCUT2D eigenvalue weighted by atomic mass is 10.2. The molecule has 140 valence electrons. The summed E-state index contributed by atoms with van der Waals surface area (Å²) in [5, 5.41) is 8.75. The van der Waals surface area contributed by atoms with Crippen molar-refractivity contribution < 1.29 is 0 Å². The molecule has 0 aliphatic carbocycles. The van der Waals surface area contributed by atoms with Crippen molar-refractivity contribution in [2.45, 2.75) is 4.90 Å².